The molecule has 0 amide bonds. The zero-order valence-corrected chi connectivity index (χ0v) is 17.0. The molecule has 0 unspecified atom stereocenters. The molecule has 0 radical (unpaired) electrons. The number of nitrogen functional groups attached to an aromatic ring is 2. The Morgan fingerprint density at radius 1 is 0.500 bits per heavy atom. The topological polar surface area (TPSA) is 92.5 Å². The molecule has 16 heteroatoms. The maximum Gasteiger partial charge on any atom is 0.430 e. The highest BCUT2D eigenvalue weighted by Crippen LogP contribution is 2.55. The van der Waals surface area contributed by atoms with Gasteiger partial charge in [0.05, 0.1) is 0 Å². The number of benzene rings is 3. The second-order valence-corrected chi connectivity index (χ2v) is 7.76. The lowest BCUT2D eigenvalue weighted by atomic mass is 9.84. The van der Waals surface area contributed by atoms with Gasteiger partial charge in [-0.05, 0) is 39.7 Å². The van der Waals surface area contributed by atoms with E-state index in [0.29, 0.717) is 18.2 Å². The Hall–Kier alpha value is -3.14. The van der Waals surface area contributed by atoms with Crippen LogP contribution in [-0.2, 0) is 11.2 Å². The average molecular weight is 540 g/mol. The Morgan fingerprint density at radius 3 is 1.39 bits per heavy atom. The minimum atomic E-state index is -6.40. The standard InChI is InChI=1S/C20H12F12N2O2/c21-17(22,23)15(35,18(24,25)26)11-6-10-7(5-13(11)34)1-2-9-8(10)3-4-12(33)14(9)16(36,19(27,28)29)20(30,31)32/h1-6,35-36H,33-34H2. The summed E-state index contributed by atoms with van der Waals surface area (Å²) < 4.78 is 161. The third-order valence-corrected chi connectivity index (χ3v) is 5.61. The van der Waals surface area contributed by atoms with Crippen LogP contribution in [0.4, 0.5) is 64.1 Å². The quantitative estimate of drug-likeness (QED) is 0.188. The normalized spacial score (nSPS) is 14.6. The summed E-state index contributed by atoms with van der Waals surface area (Å²) in [5.74, 6) is 0. The molecular weight excluding hydrogens is 528 g/mol. The van der Waals surface area contributed by atoms with E-state index in [1.807, 2.05) is 0 Å². The van der Waals surface area contributed by atoms with E-state index in [0.717, 1.165) is 12.1 Å². The Labute approximate surface area is 191 Å². The number of anilines is 2. The summed E-state index contributed by atoms with van der Waals surface area (Å²) in [6.45, 7) is 0. The fourth-order valence-electron chi connectivity index (χ4n) is 3.85. The summed E-state index contributed by atoms with van der Waals surface area (Å²) in [6.07, 6.45) is -25.6. The van der Waals surface area contributed by atoms with Gasteiger partial charge in [-0.2, -0.15) is 52.7 Å². The predicted octanol–water partition coefficient (Wildman–Crippen LogP) is 5.78. The van der Waals surface area contributed by atoms with Crippen molar-refractivity contribution in [2.45, 2.75) is 35.9 Å². The molecular formula is C20H12F12N2O2. The van der Waals surface area contributed by atoms with Gasteiger partial charge in [0.15, 0.2) is 0 Å². The molecule has 0 heterocycles. The highest BCUT2D eigenvalue weighted by molar-refractivity contribution is 6.11. The molecule has 36 heavy (non-hydrogen) atoms. The molecule has 198 valence electrons. The Kier molecular flexibility index (Phi) is 5.85. The van der Waals surface area contributed by atoms with Crippen LogP contribution in [-0.4, -0.2) is 34.9 Å². The van der Waals surface area contributed by atoms with Crippen LogP contribution in [0.15, 0.2) is 36.4 Å². The van der Waals surface area contributed by atoms with Crippen LogP contribution in [0.25, 0.3) is 21.5 Å². The molecule has 3 aromatic carbocycles. The lowest BCUT2D eigenvalue weighted by Gasteiger charge is -2.35. The molecule has 0 fully saturated rings. The van der Waals surface area contributed by atoms with Crippen LogP contribution in [0.3, 0.4) is 0 Å². The van der Waals surface area contributed by atoms with E-state index in [4.69, 9.17) is 11.5 Å². The van der Waals surface area contributed by atoms with Gasteiger partial charge in [-0.3, -0.25) is 0 Å². The van der Waals surface area contributed by atoms with Crippen molar-refractivity contribution in [3.63, 3.8) is 0 Å². The number of hydrogen-bond acceptors (Lipinski definition) is 4. The van der Waals surface area contributed by atoms with Gasteiger partial charge in [0.1, 0.15) is 0 Å². The second-order valence-electron chi connectivity index (χ2n) is 7.76. The van der Waals surface area contributed by atoms with E-state index in [1.54, 1.807) is 0 Å². The lowest BCUT2D eigenvalue weighted by Crippen LogP contribution is -2.54. The lowest BCUT2D eigenvalue weighted by molar-refractivity contribution is -0.376. The average Bonchev–Trinajstić information content (AvgIpc) is 2.68. The number of fused-ring (bicyclic) bond motifs is 3. The maximum absolute atomic E-state index is 13.5. The first-order valence-corrected chi connectivity index (χ1v) is 9.27. The van der Waals surface area contributed by atoms with E-state index in [2.05, 4.69) is 0 Å². The smallest absolute Gasteiger partial charge is 0.398 e. The van der Waals surface area contributed by atoms with E-state index in [9.17, 15) is 62.9 Å². The molecule has 0 saturated carbocycles. The molecule has 6 N–H and O–H groups in total. The van der Waals surface area contributed by atoms with Gasteiger partial charge in [0, 0.05) is 22.5 Å². The van der Waals surface area contributed by atoms with Gasteiger partial charge in [-0.25, -0.2) is 0 Å². The Morgan fingerprint density at radius 2 is 0.944 bits per heavy atom. The maximum atomic E-state index is 13.5. The SMILES string of the molecule is Nc1cc2ccc3c(C(O)(C(F)(F)F)C(F)(F)F)c(N)ccc3c2cc1C(O)(C(F)(F)F)C(F)(F)F. The van der Waals surface area contributed by atoms with E-state index < -0.39 is 74.6 Å². The number of nitrogens with two attached hydrogens (primary N) is 2. The van der Waals surface area contributed by atoms with Crippen LogP contribution in [0, 0.1) is 0 Å². The first-order valence-electron chi connectivity index (χ1n) is 9.27. The molecule has 0 saturated heterocycles. The van der Waals surface area contributed by atoms with Gasteiger partial charge >= 0.3 is 24.7 Å². The van der Waals surface area contributed by atoms with Crippen molar-refractivity contribution >= 4 is 32.9 Å². The Balaban J connectivity index is 2.55. The summed E-state index contributed by atoms with van der Waals surface area (Å²) in [5, 5.41) is 16.7. The summed E-state index contributed by atoms with van der Waals surface area (Å²) in [5.41, 5.74) is -6.81. The first kappa shape index (κ1) is 27.4. The van der Waals surface area contributed by atoms with Gasteiger partial charge in [0.2, 0.25) is 0 Å². The third-order valence-electron chi connectivity index (χ3n) is 5.61. The monoisotopic (exact) mass is 540 g/mol. The van der Waals surface area contributed by atoms with Crippen LogP contribution < -0.4 is 11.5 Å². The molecule has 0 atom stereocenters. The minimum Gasteiger partial charge on any atom is -0.398 e. The van der Waals surface area contributed by atoms with Crippen molar-refractivity contribution in [2.75, 3.05) is 11.5 Å². The second kappa shape index (κ2) is 7.68. The molecule has 3 rings (SSSR count). The van der Waals surface area contributed by atoms with Crippen LogP contribution >= 0.6 is 0 Å². The molecule has 0 spiro atoms. The highest BCUT2D eigenvalue weighted by atomic mass is 19.4. The van der Waals surface area contributed by atoms with E-state index >= 15 is 0 Å². The van der Waals surface area contributed by atoms with Gasteiger partial charge < -0.3 is 21.7 Å². The van der Waals surface area contributed by atoms with Gasteiger partial charge in [-0.15, -0.1) is 0 Å². The third kappa shape index (κ3) is 3.65. The Bertz CT molecular complexity index is 1310. The van der Waals surface area contributed by atoms with E-state index in [1.165, 1.54) is 0 Å². The van der Waals surface area contributed by atoms with Crippen LogP contribution in [0.1, 0.15) is 11.1 Å². The van der Waals surface area contributed by atoms with Crippen molar-refractivity contribution in [2.24, 2.45) is 0 Å². The van der Waals surface area contributed by atoms with Crippen molar-refractivity contribution < 1.29 is 62.9 Å². The molecule has 0 aliphatic heterocycles. The fraction of sp³-hybridized carbons (Fsp3) is 0.300. The largest absolute Gasteiger partial charge is 0.430 e. The molecule has 0 bridgehead atoms. The van der Waals surface area contributed by atoms with Gasteiger partial charge in [0.25, 0.3) is 11.2 Å². The highest BCUT2D eigenvalue weighted by Gasteiger charge is 2.73. The number of aliphatic hydroxyl groups is 2. The molecule has 0 aliphatic rings. The summed E-state index contributed by atoms with van der Waals surface area (Å²) >= 11 is 0. The van der Waals surface area contributed by atoms with Crippen LogP contribution in [0.2, 0.25) is 0 Å². The summed E-state index contributed by atoms with van der Waals surface area (Å²) in [7, 11) is 0. The molecule has 0 aromatic heterocycles. The van der Waals surface area contributed by atoms with Gasteiger partial charge in [-0.1, -0.05) is 18.2 Å². The van der Waals surface area contributed by atoms with Crippen molar-refractivity contribution in [1.29, 1.82) is 0 Å². The van der Waals surface area contributed by atoms with Crippen molar-refractivity contribution in [3.8, 4) is 0 Å². The molecule has 0 aliphatic carbocycles. The molecule has 3 aromatic rings. The minimum absolute atomic E-state index is 0.0498. The number of halogens is 12. The number of rotatable bonds is 2. The number of alkyl halides is 12. The van der Waals surface area contributed by atoms with E-state index in [-0.39, 0.29) is 11.5 Å². The zero-order valence-electron chi connectivity index (χ0n) is 17.0. The number of hydrogen-bond donors (Lipinski definition) is 4. The fourth-order valence-corrected chi connectivity index (χ4v) is 3.85. The summed E-state index contributed by atoms with van der Waals surface area (Å²) in [6, 6.07) is 3.09. The predicted molar refractivity (Wildman–Crippen MR) is 102 cm³/mol. The summed E-state index contributed by atoms with van der Waals surface area (Å²) in [4.78, 5) is 0. The van der Waals surface area contributed by atoms with Crippen molar-refractivity contribution in [1.82, 2.24) is 0 Å². The first-order chi connectivity index (χ1) is 16.0. The van der Waals surface area contributed by atoms with Crippen molar-refractivity contribution in [3.05, 3.63) is 47.5 Å². The van der Waals surface area contributed by atoms with Crippen LogP contribution in [0.5, 0.6) is 0 Å². The molecule has 4 nitrogen and oxygen atoms in total. The zero-order chi connectivity index (χ0) is 27.9.